The highest BCUT2D eigenvalue weighted by atomic mass is 32.1. The highest BCUT2D eigenvalue weighted by Gasteiger charge is 2.18. The van der Waals surface area contributed by atoms with E-state index in [1.807, 2.05) is 23.6 Å². The molecule has 1 aliphatic rings. The molecule has 1 saturated carbocycles. The Hall–Kier alpha value is -1.62. The second-order valence-electron chi connectivity index (χ2n) is 5.29. The van der Waals surface area contributed by atoms with Crippen molar-refractivity contribution in [3.8, 4) is 10.6 Å². The van der Waals surface area contributed by atoms with Gasteiger partial charge in [-0.25, -0.2) is 0 Å². The molecule has 0 bridgehead atoms. The van der Waals surface area contributed by atoms with Crippen LogP contribution in [-0.2, 0) is 11.3 Å². The van der Waals surface area contributed by atoms with E-state index in [2.05, 4.69) is 10.5 Å². The van der Waals surface area contributed by atoms with Gasteiger partial charge in [0.1, 0.15) is 5.69 Å². The van der Waals surface area contributed by atoms with Crippen LogP contribution >= 0.6 is 11.3 Å². The maximum absolute atomic E-state index is 11.8. The summed E-state index contributed by atoms with van der Waals surface area (Å²) in [6.07, 6.45) is 5.58. The van der Waals surface area contributed by atoms with Crippen molar-refractivity contribution in [1.82, 2.24) is 10.5 Å². The zero-order chi connectivity index (χ0) is 13.8. The zero-order valence-corrected chi connectivity index (χ0v) is 12.1. The van der Waals surface area contributed by atoms with Crippen molar-refractivity contribution in [1.29, 1.82) is 0 Å². The quantitative estimate of drug-likeness (QED) is 0.915. The first-order valence-corrected chi connectivity index (χ1v) is 7.95. The molecular weight excluding hydrogens is 272 g/mol. The van der Waals surface area contributed by atoms with Gasteiger partial charge in [-0.2, -0.15) is 0 Å². The lowest BCUT2D eigenvalue weighted by molar-refractivity contribution is -0.122. The van der Waals surface area contributed by atoms with Gasteiger partial charge in [0.2, 0.25) is 5.91 Å². The van der Waals surface area contributed by atoms with Gasteiger partial charge < -0.3 is 9.84 Å². The Morgan fingerprint density at radius 1 is 1.45 bits per heavy atom. The minimum absolute atomic E-state index is 0.123. The van der Waals surface area contributed by atoms with E-state index in [1.54, 1.807) is 11.3 Å². The summed E-state index contributed by atoms with van der Waals surface area (Å²) in [5.74, 6) is 1.46. The fraction of sp³-hybridized carbons (Fsp3) is 0.467. The summed E-state index contributed by atoms with van der Waals surface area (Å²) in [5.41, 5.74) is 0.771. The van der Waals surface area contributed by atoms with Crippen LogP contribution in [-0.4, -0.2) is 11.1 Å². The second kappa shape index (κ2) is 6.22. The number of thiophene rings is 1. The summed E-state index contributed by atoms with van der Waals surface area (Å²) >= 11 is 1.61. The molecule has 1 amide bonds. The summed E-state index contributed by atoms with van der Waals surface area (Å²) in [6.45, 7) is 0.445. The molecule has 0 aromatic carbocycles. The maximum Gasteiger partial charge on any atom is 0.220 e. The predicted molar refractivity (Wildman–Crippen MR) is 78.2 cm³/mol. The van der Waals surface area contributed by atoms with Crippen LogP contribution in [0.3, 0.4) is 0 Å². The zero-order valence-electron chi connectivity index (χ0n) is 11.3. The third-order valence-corrected chi connectivity index (χ3v) is 4.62. The Kier molecular flexibility index (Phi) is 4.16. The molecule has 2 aromatic rings. The Balaban J connectivity index is 1.49. The number of carbonyl (C=O) groups is 1. The molecule has 1 N–H and O–H groups in total. The minimum atomic E-state index is 0.123. The van der Waals surface area contributed by atoms with E-state index in [-0.39, 0.29) is 5.91 Å². The molecule has 0 atom stereocenters. The number of hydrogen-bond acceptors (Lipinski definition) is 4. The van der Waals surface area contributed by atoms with Crippen LogP contribution in [0.2, 0.25) is 0 Å². The number of rotatable bonds is 5. The van der Waals surface area contributed by atoms with Crippen LogP contribution in [0.1, 0.15) is 37.8 Å². The van der Waals surface area contributed by atoms with E-state index < -0.39 is 0 Å². The second-order valence-corrected chi connectivity index (χ2v) is 6.24. The van der Waals surface area contributed by atoms with Crippen molar-refractivity contribution >= 4 is 17.2 Å². The van der Waals surface area contributed by atoms with Gasteiger partial charge in [-0.1, -0.05) is 24.1 Å². The van der Waals surface area contributed by atoms with E-state index in [0.29, 0.717) is 18.9 Å². The normalized spacial score (nSPS) is 15.6. The molecule has 0 radical (unpaired) electrons. The summed E-state index contributed by atoms with van der Waals surface area (Å²) in [7, 11) is 0. The molecule has 4 nitrogen and oxygen atoms in total. The Morgan fingerprint density at radius 2 is 2.30 bits per heavy atom. The van der Waals surface area contributed by atoms with Gasteiger partial charge >= 0.3 is 0 Å². The summed E-state index contributed by atoms with van der Waals surface area (Å²) in [6, 6.07) is 5.86. The van der Waals surface area contributed by atoms with E-state index in [0.717, 1.165) is 16.3 Å². The molecule has 1 fully saturated rings. The molecule has 3 rings (SSSR count). The van der Waals surface area contributed by atoms with Gasteiger partial charge in [0, 0.05) is 12.5 Å². The van der Waals surface area contributed by atoms with E-state index in [4.69, 9.17) is 4.52 Å². The van der Waals surface area contributed by atoms with E-state index in [9.17, 15) is 4.79 Å². The lowest BCUT2D eigenvalue weighted by atomic mass is 10.0. The van der Waals surface area contributed by atoms with Crippen molar-refractivity contribution in [2.45, 2.75) is 38.6 Å². The molecule has 106 valence electrons. The van der Waals surface area contributed by atoms with Crippen molar-refractivity contribution < 1.29 is 9.32 Å². The number of nitrogens with zero attached hydrogens (tertiary/aromatic N) is 1. The van der Waals surface area contributed by atoms with Gasteiger partial charge in [0.15, 0.2) is 5.76 Å². The number of amides is 1. The van der Waals surface area contributed by atoms with Gasteiger partial charge in [0.05, 0.1) is 11.4 Å². The molecule has 20 heavy (non-hydrogen) atoms. The average Bonchev–Trinajstić information content (AvgIpc) is 3.18. The number of carbonyl (C=O) groups excluding carboxylic acids is 1. The first-order valence-electron chi connectivity index (χ1n) is 7.07. The molecule has 0 aliphatic heterocycles. The summed E-state index contributed by atoms with van der Waals surface area (Å²) in [5, 5.41) is 8.92. The first-order chi connectivity index (χ1) is 9.81. The van der Waals surface area contributed by atoms with Crippen molar-refractivity contribution in [3.05, 3.63) is 29.3 Å². The Labute approximate surface area is 122 Å². The third kappa shape index (κ3) is 3.28. The van der Waals surface area contributed by atoms with Crippen LogP contribution in [0.25, 0.3) is 10.6 Å². The van der Waals surface area contributed by atoms with Crippen molar-refractivity contribution in [2.24, 2.45) is 5.92 Å². The van der Waals surface area contributed by atoms with Crippen LogP contribution in [0.4, 0.5) is 0 Å². The molecule has 5 heteroatoms. The molecule has 0 spiro atoms. The standard InChI is InChI=1S/C15H18N2O2S/c18-15(8-11-4-1-2-5-11)16-10-12-9-13(19-17-12)14-6-3-7-20-14/h3,6-7,9,11H,1-2,4-5,8,10H2,(H,16,18). The predicted octanol–water partition coefficient (Wildman–Crippen LogP) is 3.60. The number of hydrogen-bond donors (Lipinski definition) is 1. The lowest BCUT2D eigenvalue weighted by Crippen LogP contribution is -2.24. The maximum atomic E-state index is 11.8. The molecule has 0 unspecified atom stereocenters. The Morgan fingerprint density at radius 3 is 3.05 bits per heavy atom. The molecule has 0 saturated heterocycles. The number of aromatic nitrogens is 1. The smallest absolute Gasteiger partial charge is 0.220 e. The van der Waals surface area contributed by atoms with Gasteiger partial charge in [-0.15, -0.1) is 11.3 Å². The molecular formula is C15H18N2O2S. The minimum Gasteiger partial charge on any atom is -0.355 e. The summed E-state index contributed by atoms with van der Waals surface area (Å²) in [4.78, 5) is 12.9. The van der Waals surface area contributed by atoms with Gasteiger partial charge in [0.25, 0.3) is 0 Å². The average molecular weight is 290 g/mol. The molecule has 1 aliphatic carbocycles. The first kappa shape index (κ1) is 13.4. The fourth-order valence-corrected chi connectivity index (χ4v) is 3.34. The van der Waals surface area contributed by atoms with Crippen LogP contribution in [0.15, 0.2) is 28.1 Å². The highest BCUT2D eigenvalue weighted by molar-refractivity contribution is 7.13. The van der Waals surface area contributed by atoms with Crippen molar-refractivity contribution in [3.63, 3.8) is 0 Å². The molecule has 2 heterocycles. The van der Waals surface area contributed by atoms with Crippen molar-refractivity contribution in [2.75, 3.05) is 0 Å². The SMILES string of the molecule is O=C(CC1CCCC1)NCc1cc(-c2cccs2)on1. The molecule has 2 aromatic heterocycles. The summed E-state index contributed by atoms with van der Waals surface area (Å²) < 4.78 is 5.28. The topological polar surface area (TPSA) is 55.1 Å². The van der Waals surface area contributed by atoms with E-state index >= 15 is 0 Å². The van der Waals surface area contributed by atoms with Crippen LogP contribution in [0, 0.1) is 5.92 Å². The number of nitrogens with one attached hydrogen (secondary N) is 1. The lowest BCUT2D eigenvalue weighted by Gasteiger charge is -2.08. The largest absolute Gasteiger partial charge is 0.355 e. The van der Waals surface area contributed by atoms with Crippen LogP contribution in [0.5, 0.6) is 0 Å². The van der Waals surface area contributed by atoms with Crippen LogP contribution < -0.4 is 5.32 Å². The van der Waals surface area contributed by atoms with Gasteiger partial charge in [-0.3, -0.25) is 4.79 Å². The monoisotopic (exact) mass is 290 g/mol. The van der Waals surface area contributed by atoms with Gasteiger partial charge in [-0.05, 0) is 30.2 Å². The fourth-order valence-electron chi connectivity index (χ4n) is 2.67. The van der Waals surface area contributed by atoms with E-state index in [1.165, 1.54) is 25.7 Å². The highest BCUT2D eigenvalue weighted by Crippen LogP contribution is 2.27. The third-order valence-electron chi connectivity index (χ3n) is 3.74. The Bertz CT molecular complexity index is 556.